The molecule has 72 heavy (non-hydrogen) atoms. The van der Waals surface area contributed by atoms with Crippen LogP contribution in [0, 0.1) is 18.7 Å². The summed E-state index contributed by atoms with van der Waals surface area (Å²) in [4.78, 5) is 122. The number of pyridine rings is 2. The number of ketones is 1. The summed E-state index contributed by atoms with van der Waals surface area (Å²) in [5.41, 5.74) is 1.88. The molecule has 21 nitrogen and oxygen atoms in total. The SMILES string of the molecule is CC[C@@]1(O)C(=O)OCc2c1cc1n(c2=O)Cc2c-1nc1cc(F)c(C)c3c1c2[C@@H](NC(=O)COCNC(=O)CNC(=O)[C@H](Cc1ccccc1)NC(=O)CNC(=O)CNC(=O)CN(C)CC(=O)C(C)C)CC3. The van der Waals surface area contributed by atoms with Crippen LogP contribution in [0.5, 0.6) is 0 Å². The van der Waals surface area contributed by atoms with Gasteiger partial charge in [0, 0.05) is 34.9 Å². The lowest BCUT2D eigenvalue weighted by atomic mass is 9.81. The van der Waals surface area contributed by atoms with Gasteiger partial charge in [-0.05, 0) is 61.6 Å². The van der Waals surface area contributed by atoms with Gasteiger partial charge in [-0.2, -0.15) is 0 Å². The van der Waals surface area contributed by atoms with Crippen molar-refractivity contribution in [3.8, 4) is 11.4 Å². The average molecular weight is 996 g/mol. The molecule has 4 heterocycles. The second-order valence-electron chi connectivity index (χ2n) is 18.4. The van der Waals surface area contributed by atoms with E-state index < -0.39 is 103 Å². The zero-order valence-corrected chi connectivity index (χ0v) is 40.6. The van der Waals surface area contributed by atoms with Crippen LogP contribution in [0.25, 0.3) is 22.3 Å². The van der Waals surface area contributed by atoms with Gasteiger partial charge in [0.1, 0.15) is 37.6 Å². The maximum absolute atomic E-state index is 15.3. The number of ether oxygens (including phenoxy) is 2. The van der Waals surface area contributed by atoms with Crippen LogP contribution < -0.4 is 37.5 Å². The van der Waals surface area contributed by atoms with Gasteiger partial charge in [-0.1, -0.05) is 51.1 Å². The van der Waals surface area contributed by atoms with E-state index in [0.717, 1.165) is 5.56 Å². The molecule has 3 aliphatic rings. The molecule has 3 atom stereocenters. The number of cyclic esters (lactones) is 1. The Labute approximate surface area is 413 Å². The zero-order chi connectivity index (χ0) is 52.0. The van der Waals surface area contributed by atoms with Gasteiger partial charge in [0.25, 0.3) is 5.56 Å². The number of esters is 1. The molecule has 0 radical (unpaired) electrons. The van der Waals surface area contributed by atoms with Gasteiger partial charge in [0.15, 0.2) is 5.60 Å². The summed E-state index contributed by atoms with van der Waals surface area (Å²) in [6.45, 7) is 4.10. The average Bonchev–Trinajstić information content (AvgIpc) is 3.72. The zero-order valence-electron chi connectivity index (χ0n) is 40.6. The Bertz CT molecular complexity index is 2910. The summed E-state index contributed by atoms with van der Waals surface area (Å²) in [6, 6.07) is 9.86. The highest BCUT2D eigenvalue weighted by molar-refractivity contribution is 5.95. The van der Waals surface area contributed by atoms with E-state index in [9.17, 15) is 48.3 Å². The lowest BCUT2D eigenvalue weighted by Crippen LogP contribution is -2.52. The van der Waals surface area contributed by atoms with Gasteiger partial charge >= 0.3 is 5.97 Å². The van der Waals surface area contributed by atoms with E-state index in [1.807, 2.05) is 0 Å². The molecule has 4 aromatic rings. The molecule has 22 heteroatoms. The molecule has 382 valence electrons. The first-order chi connectivity index (χ1) is 34.3. The van der Waals surface area contributed by atoms with Crippen molar-refractivity contribution < 1.29 is 57.3 Å². The van der Waals surface area contributed by atoms with E-state index >= 15 is 4.39 Å². The van der Waals surface area contributed by atoms with Crippen molar-refractivity contribution in [3.63, 3.8) is 0 Å². The van der Waals surface area contributed by atoms with Crippen LogP contribution in [-0.4, -0.2) is 126 Å². The fourth-order valence-electron chi connectivity index (χ4n) is 9.09. The third kappa shape index (κ3) is 11.5. The summed E-state index contributed by atoms with van der Waals surface area (Å²) >= 11 is 0. The third-order valence-electron chi connectivity index (χ3n) is 13.1. The van der Waals surface area contributed by atoms with E-state index in [1.54, 1.807) is 71.1 Å². The monoisotopic (exact) mass is 995 g/mol. The Morgan fingerprint density at radius 3 is 2.33 bits per heavy atom. The number of nitrogens with one attached hydrogen (secondary N) is 6. The number of aliphatic hydroxyl groups is 1. The normalized spacial score (nSPS) is 16.7. The lowest BCUT2D eigenvalue weighted by molar-refractivity contribution is -0.172. The van der Waals surface area contributed by atoms with E-state index in [2.05, 4.69) is 31.9 Å². The number of benzene rings is 2. The molecule has 0 saturated heterocycles. The quantitative estimate of drug-likeness (QED) is 0.0289. The Morgan fingerprint density at radius 1 is 0.917 bits per heavy atom. The number of fused-ring (bicyclic) bond motifs is 5. The first kappa shape index (κ1) is 52.4. The van der Waals surface area contributed by atoms with Crippen molar-refractivity contribution >= 4 is 58.1 Å². The Morgan fingerprint density at radius 2 is 1.61 bits per heavy atom. The van der Waals surface area contributed by atoms with Crippen molar-refractivity contribution in [2.24, 2.45) is 5.92 Å². The summed E-state index contributed by atoms with van der Waals surface area (Å²) < 4.78 is 27.5. The van der Waals surface area contributed by atoms with Gasteiger partial charge in [0.2, 0.25) is 35.4 Å². The molecule has 7 N–H and O–H groups in total. The fourth-order valence-corrected chi connectivity index (χ4v) is 9.09. The maximum Gasteiger partial charge on any atom is 0.343 e. The standard InChI is InChI=1S/C50H58FN9O12/c1-6-50(70)32-15-37-46-30(20-60(37)48(68)31(32)23-72-49(50)69)45-34(13-12-29-27(4)33(51)16-35(58-46)44(29)45)56-43(66)24-71-25-55-40(63)18-54-47(67)36(14-28-10-8-7-9-11-28)57-41(64)19-52-39(62)17-53-42(65)22-59(5)21-38(61)26(2)3/h7-11,15-16,26,34,36,70H,6,12-14,17-25H2,1-5H3,(H,52,62)(H,53,65)(H,54,67)(H,55,63)(H,56,66)(H,57,64)/t34-,36-,50-/m0/s1. The Kier molecular flexibility index (Phi) is 16.3. The highest BCUT2D eigenvalue weighted by Crippen LogP contribution is 2.46. The molecule has 0 fully saturated rings. The predicted octanol–water partition coefficient (Wildman–Crippen LogP) is -0.0461. The molecule has 0 saturated carbocycles. The van der Waals surface area contributed by atoms with Crippen molar-refractivity contribution in [1.82, 2.24) is 46.4 Å². The van der Waals surface area contributed by atoms with Gasteiger partial charge < -0.3 is 51.0 Å². The molecule has 6 amide bonds. The number of hydrogen-bond donors (Lipinski definition) is 7. The molecule has 2 aromatic carbocycles. The summed E-state index contributed by atoms with van der Waals surface area (Å²) in [5.74, 6) is -5.36. The van der Waals surface area contributed by atoms with Gasteiger partial charge in [0.05, 0.1) is 67.8 Å². The van der Waals surface area contributed by atoms with Gasteiger partial charge in [-0.3, -0.25) is 43.3 Å². The molecule has 0 bridgehead atoms. The number of carbonyl (C=O) groups is 8. The first-order valence-corrected chi connectivity index (χ1v) is 23.6. The van der Waals surface area contributed by atoms with Gasteiger partial charge in [-0.25, -0.2) is 14.2 Å². The highest BCUT2D eigenvalue weighted by atomic mass is 19.1. The number of rotatable bonds is 21. The number of aromatic nitrogens is 2. The molecule has 0 spiro atoms. The minimum Gasteiger partial charge on any atom is -0.458 e. The number of halogens is 1. The van der Waals surface area contributed by atoms with Crippen LogP contribution in [0.4, 0.5) is 4.39 Å². The van der Waals surface area contributed by atoms with Crippen molar-refractivity contribution in [2.75, 3.05) is 53.1 Å². The number of hydrogen-bond acceptors (Lipinski definition) is 14. The summed E-state index contributed by atoms with van der Waals surface area (Å²) in [7, 11) is 1.60. The smallest absolute Gasteiger partial charge is 0.343 e. The predicted molar refractivity (Wildman–Crippen MR) is 256 cm³/mol. The van der Waals surface area contributed by atoms with E-state index in [0.29, 0.717) is 57.4 Å². The minimum atomic E-state index is -2.05. The molecular weight excluding hydrogens is 938 g/mol. The molecule has 1 aliphatic carbocycles. The van der Waals surface area contributed by atoms with E-state index in [-0.39, 0.29) is 61.9 Å². The minimum absolute atomic E-state index is 0.0381. The van der Waals surface area contributed by atoms with E-state index in [1.165, 1.54) is 15.5 Å². The van der Waals surface area contributed by atoms with Crippen LogP contribution in [0.15, 0.2) is 47.3 Å². The molecular formula is C50H58FN9O12. The van der Waals surface area contributed by atoms with E-state index in [4.69, 9.17) is 14.5 Å². The van der Waals surface area contributed by atoms with Crippen molar-refractivity contribution in [2.45, 2.75) is 84.2 Å². The van der Waals surface area contributed by atoms with Crippen LogP contribution >= 0.6 is 0 Å². The van der Waals surface area contributed by atoms with Crippen LogP contribution in [0.2, 0.25) is 0 Å². The fraction of sp³-hybridized carbons (Fsp3) is 0.440. The molecule has 2 aromatic heterocycles. The number of Topliss-reactive ketones (excluding diaryl/α,β-unsaturated/α-hetero) is 1. The van der Waals surface area contributed by atoms with Crippen LogP contribution in [-0.2, 0) is 79.4 Å². The first-order valence-electron chi connectivity index (χ1n) is 23.6. The van der Waals surface area contributed by atoms with Crippen molar-refractivity contribution in [1.29, 1.82) is 0 Å². The molecule has 7 rings (SSSR count). The largest absolute Gasteiger partial charge is 0.458 e. The second-order valence-corrected chi connectivity index (χ2v) is 18.4. The number of likely N-dealkylation sites (N-methyl/N-ethyl adjacent to an activating group) is 1. The molecule has 2 aliphatic heterocycles. The van der Waals surface area contributed by atoms with Crippen molar-refractivity contribution in [3.05, 3.63) is 97.6 Å². The lowest BCUT2D eigenvalue weighted by Gasteiger charge is -2.31. The van der Waals surface area contributed by atoms with Crippen LogP contribution in [0.1, 0.15) is 78.6 Å². The highest BCUT2D eigenvalue weighted by Gasteiger charge is 2.46. The number of carbonyl (C=O) groups excluding carboxylic acids is 8. The topological polar surface area (TPSA) is 286 Å². The maximum atomic E-state index is 15.3. The Balaban J connectivity index is 0.917. The summed E-state index contributed by atoms with van der Waals surface area (Å²) in [5, 5.41) is 27.3. The number of aryl methyl sites for hydroxylation is 1. The van der Waals surface area contributed by atoms with Crippen LogP contribution in [0.3, 0.4) is 0 Å². The summed E-state index contributed by atoms with van der Waals surface area (Å²) in [6.07, 6.45) is 0.768. The molecule has 0 unspecified atom stereocenters. The third-order valence-corrected chi connectivity index (χ3v) is 13.1. The van der Waals surface area contributed by atoms with Gasteiger partial charge in [-0.15, -0.1) is 0 Å². The number of nitrogens with zero attached hydrogens (tertiary/aromatic N) is 3. The Hall–Kier alpha value is -7.43. The number of amides is 6. The second kappa shape index (κ2) is 22.3.